The highest BCUT2D eigenvalue weighted by atomic mass is 19.1. The number of hydrogen-bond donors (Lipinski definition) is 0. The largest absolute Gasteiger partial charge is 0.212 e. The van der Waals surface area contributed by atoms with E-state index in [4.69, 9.17) is 0 Å². The van der Waals surface area contributed by atoms with Crippen LogP contribution < -0.4 is 0 Å². The summed E-state index contributed by atoms with van der Waals surface area (Å²) in [5.41, 5.74) is 1.36. The van der Waals surface area contributed by atoms with Gasteiger partial charge in [-0.1, -0.05) is 39.3 Å². The summed E-state index contributed by atoms with van der Waals surface area (Å²) in [6, 6.07) is 0. The summed E-state index contributed by atoms with van der Waals surface area (Å²) in [7, 11) is 0. The van der Waals surface area contributed by atoms with E-state index in [1.165, 1.54) is 5.57 Å². The molecule has 0 atom stereocenters. The molecule has 0 amide bonds. The standard InChI is InChI=1S/C9H13F.C2H6/c1-7(2)8-3-5-9(10)6-4-8;1-2/h3,5,7H,4,6H2,1-2H3;1-2H3. The Morgan fingerprint density at radius 1 is 1.17 bits per heavy atom. The molecule has 1 rings (SSSR count). The predicted octanol–water partition coefficient (Wildman–Crippen LogP) is 4.24. The summed E-state index contributed by atoms with van der Waals surface area (Å²) in [4.78, 5) is 0. The van der Waals surface area contributed by atoms with Gasteiger partial charge in [-0.3, -0.25) is 0 Å². The number of halogens is 1. The molecule has 12 heavy (non-hydrogen) atoms. The van der Waals surface area contributed by atoms with E-state index in [1.807, 2.05) is 19.9 Å². The van der Waals surface area contributed by atoms with Crippen LogP contribution >= 0.6 is 0 Å². The van der Waals surface area contributed by atoms with E-state index in [0.29, 0.717) is 12.3 Å². The molecule has 0 heterocycles. The number of allylic oxidation sites excluding steroid dienone is 4. The van der Waals surface area contributed by atoms with Gasteiger partial charge in [-0.2, -0.15) is 0 Å². The lowest BCUT2D eigenvalue weighted by atomic mass is 9.95. The Labute approximate surface area is 75.2 Å². The van der Waals surface area contributed by atoms with Crippen molar-refractivity contribution in [2.45, 2.75) is 40.5 Å². The van der Waals surface area contributed by atoms with Gasteiger partial charge in [-0.05, 0) is 18.4 Å². The molecule has 0 spiro atoms. The van der Waals surface area contributed by atoms with Crippen molar-refractivity contribution in [3.8, 4) is 0 Å². The minimum absolute atomic E-state index is 0.0180. The van der Waals surface area contributed by atoms with Crippen LogP contribution in [-0.4, -0.2) is 0 Å². The van der Waals surface area contributed by atoms with Crippen molar-refractivity contribution in [2.24, 2.45) is 5.92 Å². The lowest BCUT2D eigenvalue weighted by molar-refractivity contribution is 0.566. The molecule has 0 saturated carbocycles. The van der Waals surface area contributed by atoms with E-state index in [2.05, 4.69) is 13.8 Å². The molecular weight excluding hydrogens is 151 g/mol. The smallest absolute Gasteiger partial charge is 0.100 e. The summed E-state index contributed by atoms with van der Waals surface area (Å²) in [5, 5.41) is 0. The third kappa shape index (κ3) is 3.70. The molecule has 0 bridgehead atoms. The van der Waals surface area contributed by atoms with Gasteiger partial charge >= 0.3 is 0 Å². The topological polar surface area (TPSA) is 0 Å². The van der Waals surface area contributed by atoms with Gasteiger partial charge in [0.25, 0.3) is 0 Å². The van der Waals surface area contributed by atoms with Crippen LogP contribution in [0, 0.1) is 5.92 Å². The van der Waals surface area contributed by atoms with Crippen LogP contribution in [0.2, 0.25) is 0 Å². The Morgan fingerprint density at radius 2 is 1.75 bits per heavy atom. The van der Waals surface area contributed by atoms with Crippen molar-refractivity contribution >= 4 is 0 Å². The monoisotopic (exact) mass is 170 g/mol. The van der Waals surface area contributed by atoms with E-state index in [1.54, 1.807) is 6.08 Å². The minimum Gasteiger partial charge on any atom is -0.212 e. The van der Waals surface area contributed by atoms with Gasteiger partial charge in [-0.25, -0.2) is 4.39 Å². The van der Waals surface area contributed by atoms with E-state index < -0.39 is 0 Å². The van der Waals surface area contributed by atoms with E-state index in [-0.39, 0.29) is 5.83 Å². The molecule has 0 unspecified atom stereocenters. The fourth-order valence-electron chi connectivity index (χ4n) is 1.11. The summed E-state index contributed by atoms with van der Waals surface area (Å²) in [6.45, 7) is 8.28. The highest BCUT2D eigenvalue weighted by molar-refractivity contribution is 5.21. The molecule has 70 valence electrons. The second-order valence-electron chi connectivity index (χ2n) is 3.01. The van der Waals surface area contributed by atoms with Gasteiger partial charge in [0.1, 0.15) is 5.83 Å². The highest BCUT2D eigenvalue weighted by Crippen LogP contribution is 2.23. The zero-order valence-electron chi connectivity index (χ0n) is 8.52. The molecule has 0 aromatic carbocycles. The summed E-state index contributed by atoms with van der Waals surface area (Å²) >= 11 is 0. The van der Waals surface area contributed by atoms with Crippen LogP contribution in [0.4, 0.5) is 4.39 Å². The lowest BCUT2D eigenvalue weighted by Gasteiger charge is -2.12. The van der Waals surface area contributed by atoms with E-state index >= 15 is 0 Å². The molecule has 1 aliphatic carbocycles. The number of hydrogen-bond acceptors (Lipinski definition) is 0. The first-order valence-corrected chi connectivity index (χ1v) is 4.75. The zero-order chi connectivity index (χ0) is 9.56. The molecule has 0 N–H and O–H groups in total. The van der Waals surface area contributed by atoms with Crippen molar-refractivity contribution in [3.63, 3.8) is 0 Å². The third-order valence-electron chi connectivity index (χ3n) is 1.87. The summed E-state index contributed by atoms with van der Waals surface area (Å²) < 4.78 is 12.4. The first kappa shape index (κ1) is 11.4. The first-order valence-electron chi connectivity index (χ1n) is 4.75. The average Bonchev–Trinajstić information content (AvgIpc) is 2.09. The molecule has 1 aliphatic rings. The summed E-state index contributed by atoms with van der Waals surface area (Å²) in [5.74, 6) is 0.591. The Kier molecular flexibility index (Phi) is 5.69. The molecule has 0 aromatic rings. The van der Waals surface area contributed by atoms with Crippen molar-refractivity contribution < 1.29 is 4.39 Å². The van der Waals surface area contributed by atoms with Gasteiger partial charge in [0, 0.05) is 6.42 Å². The van der Waals surface area contributed by atoms with Crippen molar-refractivity contribution in [1.82, 2.24) is 0 Å². The fraction of sp³-hybridized carbons (Fsp3) is 0.636. The zero-order valence-corrected chi connectivity index (χ0v) is 8.52. The lowest BCUT2D eigenvalue weighted by Crippen LogP contribution is -1.97. The molecule has 0 nitrogen and oxygen atoms in total. The van der Waals surface area contributed by atoms with Crippen LogP contribution in [0.5, 0.6) is 0 Å². The highest BCUT2D eigenvalue weighted by Gasteiger charge is 2.07. The van der Waals surface area contributed by atoms with Crippen molar-refractivity contribution in [1.29, 1.82) is 0 Å². The maximum absolute atomic E-state index is 12.4. The van der Waals surface area contributed by atoms with Gasteiger partial charge < -0.3 is 0 Å². The molecule has 0 fully saturated rings. The van der Waals surface area contributed by atoms with Crippen LogP contribution in [-0.2, 0) is 0 Å². The molecule has 0 aliphatic heterocycles. The Balaban J connectivity index is 0.000000561. The third-order valence-corrected chi connectivity index (χ3v) is 1.87. The average molecular weight is 170 g/mol. The van der Waals surface area contributed by atoms with Crippen molar-refractivity contribution in [2.75, 3.05) is 0 Å². The first-order chi connectivity index (χ1) is 5.70. The van der Waals surface area contributed by atoms with Crippen LogP contribution in [0.3, 0.4) is 0 Å². The minimum atomic E-state index is 0.0180. The quantitative estimate of drug-likeness (QED) is 0.552. The SMILES string of the molecule is CC.CC(C)C1=CC=C(F)CC1. The second kappa shape index (κ2) is 5.99. The molecule has 0 aromatic heterocycles. The molecule has 0 radical (unpaired) electrons. The van der Waals surface area contributed by atoms with E-state index in [9.17, 15) is 4.39 Å². The van der Waals surface area contributed by atoms with Crippen LogP contribution in [0.15, 0.2) is 23.6 Å². The normalized spacial score (nSPS) is 16.2. The number of rotatable bonds is 1. The second-order valence-corrected chi connectivity index (χ2v) is 3.01. The van der Waals surface area contributed by atoms with Gasteiger partial charge in [0.05, 0.1) is 0 Å². The Morgan fingerprint density at radius 3 is 2.08 bits per heavy atom. The maximum Gasteiger partial charge on any atom is 0.100 e. The van der Waals surface area contributed by atoms with Crippen LogP contribution in [0.25, 0.3) is 0 Å². The van der Waals surface area contributed by atoms with Gasteiger partial charge in [0.15, 0.2) is 0 Å². The Hall–Kier alpha value is -0.590. The predicted molar refractivity (Wildman–Crippen MR) is 52.7 cm³/mol. The molecule has 0 saturated heterocycles. The summed E-state index contributed by atoms with van der Waals surface area (Å²) in [6.07, 6.45) is 4.99. The van der Waals surface area contributed by atoms with Crippen LogP contribution in [0.1, 0.15) is 40.5 Å². The van der Waals surface area contributed by atoms with Crippen molar-refractivity contribution in [3.05, 3.63) is 23.6 Å². The maximum atomic E-state index is 12.4. The Bertz CT molecular complexity index is 175. The molecular formula is C11H19F. The van der Waals surface area contributed by atoms with E-state index in [0.717, 1.165) is 6.42 Å². The molecule has 1 heteroatoms. The fourth-order valence-corrected chi connectivity index (χ4v) is 1.11. The van der Waals surface area contributed by atoms with Gasteiger partial charge in [0.2, 0.25) is 0 Å². The van der Waals surface area contributed by atoms with Gasteiger partial charge in [-0.15, -0.1) is 0 Å².